The first-order valence-electron chi connectivity index (χ1n) is 9.23. The molecule has 1 aromatic heterocycles. The second-order valence-electron chi connectivity index (χ2n) is 6.65. The monoisotopic (exact) mass is 407 g/mol. The van der Waals surface area contributed by atoms with Crippen LogP contribution in [0.4, 0.5) is 0 Å². The largest absolute Gasteiger partial charge is 0.493 e. The summed E-state index contributed by atoms with van der Waals surface area (Å²) in [4.78, 5) is 13.8. The fraction of sp³-hybridized carbons (Fsp3) is 0.182. The molecule has 1 aliphatic heterocycles. The Kier molecular flexibility index (Phi) is 5.22. The molecule has 29 heavy (non-hydrogen) atoms. The van der Waals surface area contributed by atoms with E-state index in [-0.39, 0.29) is 5.91 Å². The minimum atomic E-state index is -0.133. The maximum Gasteiger partial charge on any atom is 0.276 e. The molecule has 1 aliphatic rings. The van der Waals surface area contributed by atoms with Gasteiger partial charge in [-0.3, -0.25) is 9.69 Å². The maximum absolute atomic E-state index is 12.3. The zero-order valence-corrected chi connectivity index (χ0v) is 17.0. The lowest BCUT2D eigenvalue weighted by Gasteiger charge is -2.11. The summed E-state index contributed by atoms with van der Waals surface area (Å²) < 4.78 is 13.4. The number of hydrogen-bond acceptors (Lipinski definition) is 4. The number of aromatic nitrogens is 1. The predicted molar refractivity (Wildman–Crippen MR) is 117 cm³/mol. The fourth-order valence-electron chi connectivity index (χ4n) is 3.35. The van der Waals surface area contributed by atoms with E-state index in [9.17, 15) is 4.79 Å². The number of amides is 1. The van der Waals surface area contributed by atoms with Gasteiger partial charge < -0.3 is 19.4 Å². The predicted octanol–water partition coefficient (Wildman–Crippen LogP) is 3.42. The van der Waals surface area contributed by atoms with Crippen molar-refractivity contribution < 1.29 is 14.3 Å². The van der Waals surface area contributed by atoms with E-state index in [1.54, 1.807) is 14.2 Å². The lowest BCUT2D eigenvalue weighted by Crippen LogP contribution is -2.25. The van der Waals surface area contributed by atoms with E-state index in [2.05, 4.69) is 16.0 Å². The van der Waals surface area contributed by atoms with Crippen LogP contribution < -0.4 is 14.8 Å². The summed E-state index contributed by atoms with van der Waals surface area (Å²) in [5.41, 5.74) is 2.50. The third kappa shape index (κ3) is 3.69. The molecular weight excluding hydrogens is 386 g/mol. The second-order valence-corrected chi connectivity index (χ2v) is 7.03. The molecule has 2 heterocycles. The summed E-state index contributed by atoms with van der Waals surface area (Å²) in [5, 5.41) is 4.45. The van der Waals surface area contributed by atoms with Gasteiger partial charge in [-0.15, -0.1) is 0 Å². The topological polar surface area (TPSA) is 55.7 Å². The average Bonchev–Trinajstić information content (AvgIpc) is 3.21. The Labute approximate surface area is 174 Å². The van der Waals surface area contributed by atoms with Crippen molar-refractivity contribution >= 4 is 40.2 Å². The third-order valence-electron chi connectivity index (χ3n) is 4.86. The molecule has 0 bridgehead atoms. The van der Waals surface area contributed by atoms with Crippen LogP contribution in [0, 0.1) is 0 Å². The highest BCUT2D eigenvalue weighted by Crippen LogP contribution is 2.27. The van der Waals surface area contributed by atoms with Crippen molar-refractivity contribution in [3.05, 3.63) is 66.0 Å². The highest BCUT2D eigenvalue weighted by molar-refractivity contribution is 7.80. The van der Waals surface area contributed by atoms with Crippen LogP contribution in [0.2, 0.25) is 0 Å². The van der Waals surface area contributed by atoms with Crippen molar-refractivity contribution in [2.45, 2.75) is 6.54 Å². The van der Waals surface area contributed by atoms with E-state index in [0.29, 0.717) is 35.5 Å². The lowest BCUT2D eigenvalue weighted by atomic mass is 10.1. The van der Waals surface area contributed by atoms with E-state index in [4.69, 9.17) is 21.7 Å². The minimum Gasteiger partial charge on any atom is -0.493 e. The van der Waals surface area contributed by atoms with Gasteiger partial charge in [-0.1, -0.05) is 30.3 Å². The van der Waals surface area contributed by atoms with Gasteiger partial charge >= 0.3 is 0 Å². The Balaban J connectivity index is 1.58. The Morgan fingerprint density at radius 1 is 1.10 bits per heavy atom. The molecule has 7 heteroatoms. The van der Waals surface area contributed by atoms with Crippen molar-refractivity contribution in [3.63, 3.8) is 0 Å². The van der Waals surface area contributed by atoms with Gasteiger partial charge in [0.15, 0.2) is 16.6 Å². The molecule has 6 nitrogen and oxygen atoms in total. The molecule has 3 aromatic rings. The lowest BCUT2D eigenvalue weighted by molar-refractivity contribution is -0.121. The smallest absolute Gasteiger partial charge is 0.276 e. The van der Waals surface area contributed by atoms with Gasteiger partial charge in [0.1, 0.15) is 12.3 Å². The van der Waals surface area contributed by atoms with Gasteiger partial charge in [-0.25, -0.2) is 0 Å². The van der Waals surface area contributed by atoms with Crippen LogP contribution in [0.5, 0.6) is 11.5 Å². The van der Waals surface area contributed by atoms with E-state index in [0.717, 1.165) is 16.5 Å². The quantitative estimate of drug-likeness (QED) is 0.501. The number of carbonyl (C=O) groups is 1. The summed E-state index contributed by atoms with van der Waals surface area (Å²) in [6.45, 7) is 1.14. The van der Waals surface area contributed by atoms with Gasteiger partial charge in [0.25, 0.3) is 5.91 Å². The van der Waals surface area contributed by atoms with E-state index < -0.39 is 0 Å². The number of nitrogens with zero attached hydrogens (tertiary/aromatic N) is 2. The number of para-hydroxylation sites is 3. The van der Waals surface area contributed by atoms with Crippen molar-refractivity contribution in [2.24, 2.45) is 0 Å². The summed E-state index contributed by atoms with van der Waals surface area (Å²) in [7, 11) is 3.29. The molecule has 1 amide bonds. The second kappa shape index (κ2) is 7.97. The van der Waals surface area contributed by atoms with Gasteiger partial charge in [-0.05, 0) is 36.5 Å². The zero-order chi connectivity index (χ0) is 20.4. The summed E-state index contributed by atoms with van der Waals surface area (Å²) >= 11 is 5.16. The number of rotatable bonds is 6. The number of benzene rings is 2. The van der Waals surface area contributed by atoms with Gasteiger partial charge in [0.05, 0.1) is 13.7 Å². The van der Waals surface area contributed by atoms with Crippen molar-refractivity contribution in [1.82, 2.24) is 14.8 Å². The van der Waals surface area contributed by atoms with E-state index in [1.165, 1.54) is 4.90 Å². The Morgan fingerprint density at radius 3 is 2.55 bits per heavy atom. The summed E-state index contributed by atoms with van der Waals surface area (Å²) in [5.74, 6) is 1.29. The minimum absolute atomic E-state index is 0.133. The van der Waals surface area contributed by atoms with Crippen LogP contribution in [0.15, 0.2) is 60.4 Å². The molecule has 1 N–H and O–H groups in total. The molecule has 2 aromatic carbocycles. The molecule has 0 saturated carbocycles. The normalized spacial score (nSPS) is 15.2. The highest BCUT2D eigenvalue weighted by Gasteiger charge is 2.27. The molecule has 0 aliphatic carbocycles. The number of fused-ring (bicyclic) bond motifs is 1. The third-order valence-corrected chi connectivity index (χ3v) is 5.24. The number of likely N-dealkylation sites (N-methyl/N-ethyl adjacent to an activating group) is 1. The Hall–Kier alpha value is -3.32. The first-order valence-corrected chi connectivity index (χ1v) is 9.63. The molecule has 4 rings (SSSR count). The Morgan fingerprint density at radius 2 is 1.83 bits per heavy atom. The molecule has 148 valence electrons. The van der Waals surface area contributed by atoms with Crippen molar-refractivity contribution in [3.8, 4) is 11.5 Å². The van der Waals surface area contributed by atoms with Gasteiger partial charge in [-0.2, -0.15) is 0 Å². The van der Waals surface area contributed by atoms with Crippen molar-refractivity contribution in [2.75, 3.05) is 20.8 Å². The summed E-state index contributed by atoms with van der Waals surface area (Å²) in [6, 6.07) is 15.7. The number of nitrogens with one attached hydrogen (secondary N) is 1. The first kappa shape index (κ1) is 19.0. The van der Waals surface area contributed by atoms with Gasteiger partial charge in [0.2, 0.25) is 0 Å². The molecule has 0 spiro atoms. The molecular formula is C22H21N3O3S. The first-order chi connectivity index (χ1) is 14.1. The SMILES string of the molecule is COc1ccccc1OCCn1cc(/C=C2\NC(=S)N(C)C2=O)c2ccccc21. The zero-order valence-electron chi connectivity index (χ0n) is 16.2. The average molecular weight is 407 g/mol. The van der Waals surface area contributed by atoms with E-state index >= 15 is 0 Å². The van der Waals surface area contributed by atoms with E-state index in [1.807, 2.05) is 54.7 Å². The molecule has 1 saturated heterocycles. The van der Waals surface area contributed by atoms with Gasteiger partial charge in [0, 0.05) is 29.7 Å². The number of carbonyl (C=O) groups excluding carboxylic acids is 1. The van der Waals surface area contributed by atoms with Crippen LogP contribution >= 0.6 is 12.2 Å². The number of thiocarbonyl (C=S) groups is 1. The van der Waals surface area contributed by atoms with Crippen LogP contribution in [-0.4, -0.2) is 41.3 Å². The van der Waals surface area contributed by atoms with Crippen LogP contribution in [-0.2, 0) is 11.3 Å². The molecule has 0 atom stereocenters. The van der Waals surface area contributed by atoms with Crippen molar-refractivity contribution in [1.29, 1.82) is 0 Å². The van der Waals surface area contributed by atoms with Crippen LogP contribution in [0.1, 0.15) is 5.56 Å². The number of ether oxygens (including phenoxy) is 2. The number of hydrogen-bond donors (Lipinski definition) is 1. The molecule has 0 unspecified atom stereocenters. The van der Waals surface area contributed by atoms with Crippen LogP contribution in [0.3, 0.4) is 0 Å². The molecule has 1 fully saturated rings. The fourth-order valence-corrected chi connectivity index (χ4v) is 3.54. The Bertz CT molecular complexity index is 1120. The molecule has 0 radical (unpaired) electrons. The number of methoxy groups -OCH3 is 1. The maximum atomic E-state index is 12.3. The van der Waals surface area contributed by atoms with Crippen LogP contribution in [0.25, 0.3) is 17.0 Å². The highest BCUT2D eigenvalue weighted by atomic mass is 32.1. The summed E-state index contributed by atoms with van der Waals surface area (Å²) in [6.07, 6.45) is 3.87. The standard InChI is InChI=1S/C22H21N3O3S/c1-24-21(26)17(23-22(24)29)13-15-14-25(18-8-4-3-7-16(15)18)11-12-28-20-10-6-5-9-19(20)27-2/h3-10,13-14H,11-12H2,1-2H3,(H,23,29)/b17-13-.